The molecule has 1 aromatic heterocycles. The van der Waals surface area contributed by atoms with E-state index in [-0.39, 0.29) is 39.9 Å². The Bertz CT molecular complexity index is 1350. The molecule has 0 spiro atoms. The molecule has 1 saturated heterocycles. The molecule has 1 fully saturated rings. The first-order valence-electron chi connectivity index (χ1n) is 9.68. The van der Waals surface area contributed by atoms with E-state index < -0.39 is 21.0 Å². The third-order valence-corrected chi connectivity index (χ3v) is 5.84. The summed E-state index contributed by atoms with van der Waals surface area (Å²) in [5, 5.41) is 21.7. The number of non-ortho nitro benzene ring substituents is 1. The summed E-state index contributed by atoms with van der Waals surface area (Å²) in [5.41, 5.74) is 0.491. The predicted molar refractivity (Wildman–Crippen MR) is 122 cm³/mol. The van der Waals surface area contributed by atoms with Gasteiger partial charge in [0.1, 0.15) is 17.3 Å². The number of nitrogens with zero attached hydrogens (tertiary/aromatic N) is 3. The van der Waals surface area contributed by atoms with Crippen molar-refractivity contribution in [3.63, 3.8) is 0 Å². The number of hydrogen-bond donors (Lipinski definition) is 0. The second-order valence-corrected chi connectivity index (χ2v) is 8.03. The van der Waals surface area contributed by atoms with Gasteiger partial charge in [-0.05, 0) is 41.6 Å². The molecule has 11 nitrogen and oxygen atoms in total. The van der Waals surface area contributed by atoms with Crippen LogP contribution < -0.4 is 4.74 Å². The highest BCUT2D eigenvalue weighted by Crippen LogP contribution is 2.37. The van der Waals surface area contributed by atoms with E-state index >= 15 is 0 Å². The van der Waals surface area contributed by atoms with Crippen LogP contribution in [0.2, 0.25) is 0 Å². The number of hydrogen-bond acceptors (Lipinski definition) is 9. The van der Waals surface area contributed by atoms with Crippen LogP contribution in [0.15, 0.2) is 63.9 Å². The summed E-state index contributed by atoms with van der Waals surface area (Å²) < 4.78 is 10.7. The van der Waals surface area contributed by atoms with Crippen LogP contribution in [0.3, 0.4) is 0 Å². The number of methoxy groups -OCH3 is 1. The lowest BCUT2D eigenvalue weighted by Crippen LogP contribution is -2.27. The fraction of sp³-hybridized carbons (Fsp3) is 0.0909. The van der Waals surface area contributed by atoms with Crippen molar-refractivity contribution in [2.45, 2.75) is 6.54 Å². The van der Waals surface area contributed by atoms with Crippen molar-refractivity contribution in [3.8, 4) is 17.1 Å². The first-order chi connectivity index (χ1) is 16.3. The highest BCUT2D eigenvalue weighted by molar-refractivity contribution is 8.18. The summed E-state index contributed by atoms with van der Waals surface area (Å²) in [6.45, 7) is -0.0402. The molecule has 2 aromatic carbocycles. The predicted octanol–water partition coefficient (Wildman–Crippen LogP) is 5.01. The topological polar surface area (TPSA) is 146 Å². The second-order valence-electron chi connectivity index (χ2n) is 7.03. The van der Waals surface area contributed by atoms with Gasteiger partial charge in [0.15, 0.2) is 0 Å². The molecule has 4 rings (SSSR count). The van der Waals surface area contributed by atoms with Crippen molar-refractivity contribution < 1.29 is 28.6 Å². The summed E-state index contributed by atoms with van der Waals surface area (Å²) in [7, 11) is 1.40. The Morgan fingerprint density at radius 3 is 2.41 bits per heavy atom. The van der Waals surface area contributed by atoms with E-state index in [1.54, 1.807) is 6.07 Å². The van der Waals surface area contributed by atoms with Crippen LogP contribution >= 0.6 is 11.8 Å². The van der Waals surface area contributed by atoms with E-state index in [0.717, 1.165) is 16.7 Å². The molecule has 3 aromatic rings. The Morgan fingerprint density at radius 2 is 1.76 bits per heavy atom. The monoisotopic (exact) mass is 481 g/mol. The minimum absolute atomic E-state index is 0.0402. The summed E-state index contributed by atoms with van der Waals surface area (Å²) in [6.07, 6.45) is 1.39. The number of carbonyl (C=O) groups excluding carboxylic acids is 2. The van der Waals surface area contributed by atoms with Crippen molar-refractivity contribution in [3.05, 3.63) is 91.1 Å². The molecular formula is C22H15N3O8S. The van der Waals surface area contributed by atoms with Gasteiger partial charge >= 0.3 is 0 Å². The summed E-state index contributed by atoms with van der Waals surface area (Å²) >= 11 is 0.728. The molecule has 0 bridgehead atoms. The largest absolute Gasteiger partial charge is 0.497 e. The quantitative estimate of drug-likeness (QED) is 0.258. The Balaban J connectivity index is 1.55. The molecule has 0 saturated carbocycles. The van der Waals surface area contributed by atoms with Gasteiger partial charge in [-0.25, -0.2) is 0 Å². The van der Waals surface area contributed by atoms with Crippen molar-refractivity contribution in [2.24, 2.45) is 0 Å². The molecule has 0 N–H and O–H groups in total. The van der Waals surface area contributed by atoms with Crippen LogP contribution in [0.25, 0.3) is 17.4 Å². The van der Waals surface area contributed by atoms with Crippen LogP contribution in [0.5, 0.6) is 5.75 Å². The molecule has 0 radical (unpaired) electrons. The van der Waals surface area contributed by atoms with E-state index in [9.17, 15) is 29.8 Å². The Labute approximate surface area is 195 Å². The van der Waals surface area contributed by atoms with Gasteiger partial charge in [-0.15, -0.1) is 0 Å². The number of carbonyl (C=O) groups is 2. The van der Waals surface area contributed by atoms with E-state index in [0.29, 0.717) is 11.3 Å². The second kappa shape index (κ2) is 9.19. The van der Waals surface area contributed by atoms with E-state index in [4.69, 9.17) is 9.15 Å². The molecule has 1 aliphatic heterocycles. The molecule has 172 valence electrons. The van der Waals surface area contributed by atoms with Crippen LogP contribution in [0.4, 0.5) is 16.2 Å². The van der Waals surface area contributed by atoms with E-state index in [1.807, 2.05) is 0 Å². The number of amides is 2. The number of thioether (sulfide) groups is 1. The average molecular weight is 481 g/mol. The van der Waals surface area contributed by atoms with Gasteiger partial charge in [-0.1, -0.05) is 12.1 Å². The fourth-order valence-corrected chi connectivity index (χ4v) is 4.06. The molecule has 1 aliphatic rings. The van der Waals surface area contributed by atoms with Gasteiger partial charge in [0.25, 0.3) is 22.5 Å². The molecule has 34 heavy (non-hydrogen) atoms. The Hall–Kier alpha value is -4.45. The zero-order valence-corrected chi connectivity index (χ0v) is 18.3. The van der Waals surface area contributed by atoms with Crippen molar-refractivity contribution >= 4 is 40.4 Å². The number of rotatable bonds is 7. The first kappa shape index (κ1) is 22.7. The number of nitro benzene ring substituents is 2. The summed E-state index contributed by atoms with van der Waals surface area (Å²) in [5.74, 6) is 0.234. The number of ether oxygens (including phenoxy) is 1. The van der Waals surface area contributed by atoms with Crippen LogP contribution in [-0.4, -0.2) is 33.0 Å². The SMILES string of the molecule is COc1ccc(-c2ccc(/C=C3/SC(=O)N(Cc4ccc([N+](=O)[O-])cc4)C3=O)o2)c([N+](=O)[O-])c1. The molecule has 0 aliphatic carbocycles. The Kier molecular flexibility index (Phi) is 6.15. The normalized spacial score (nSPS) is 14.6. The van der Waals surface area contributed by atoms with Gasteiger partial charge in [0, 0.05) is 18.2 Å². The van der Waals surface area contributed by atoms with Gasteiger partial charge < -0.3 is 9.15 Å². The summed E-state index contributed by atoms with van der Waals surface area (Å²) in [6, 6.07) is 13.0. The Morgan fingerprint density at radius 1 is 1.03 bits per heavy atom. The minimum atomic E-state index is -0.552. The average Bonchev–Trinajstić information content (AvgIpc) is 3.39. The van der Waals surface area contributed by atoms with Gasteiger partial charge in [-0.3, -0.25) is 34.7 Å². The highest BCUT2D eigenvalue weighted by atomic mass is 32.2. The number of imide groups is 1. The van der Waals surface area contributed by atoms with E-state index in [2.05, 4.69) is 0 Å². The molecule has 0 unspecified atom stereocenters. The molecule has 0 atom stereocenters. The van der Waals surface area contributed by atoms with Crippen molar-refractivity contribution in [1.82, 2.24) is 4.90 Å². The maximum absolute atomic E-state index is 12.8. The summed E-state index contributed by atoms with van der Waals surface area (Å²) in [4.78, 5) is 47.4. The zero-order chi connectivity index (χ0) is 24.4. The van der Waals surface area contributed by atoms with Crippen LogP contribution in [0.1, 0.15) is 11.3 Å². The number of nitro groups is 2. The number of furan rings is 1. The van der Waals surface area contributed by atoms with Gasteiger partial charge in [-0.2, -0.15) is 0 Å². The zero-order valence-electron chi connectivity index (χ0n) is 17.5. The molecule has 2 amide bonds. The third-order valence-electron chi connectivity index (χ3n) is 4.93. The molecule has 2 heterocycles. The van der Waals surface area contributed by atoms with Crippen LogP contribution in [0, 0.1) is 20.2 Å². The van der Waals surface area contributed by atoms with Gasteiger partial charge in [0.2, 0.25) is 0 Å². The standard InChI is InChI=1S/C22H15N3O8S/c1-32-15-6-8-17(18(10-15)25(30)31)19-9-7-16(33-19)11-20-21(26)23(22(27)34-20)12-13-2-4-14(5-3-13)24(28)29/h2-11H,12H2,1H3/b20-11+. The highest BCUT2D eigenvalue weighted by Gasteiger charge is 2.35. The lowest BCUT2D eigenvalue weighted by molar-refractivity contribution is -0.384. The number of benzene rings is 2. The third kappa shape index (κ3) is 4.52. The smallest absolute Gasteiger partial charge is 0.293 e. The maximum Gasteiger partial charge on any atom is 0.293 e. The lowest BCUT2D eigenvalue weighted by Gasteiger charge is -2.12. The maximum atomic E-state index is 12.8. The molecular weight excluding hydrogens is 466 g/mol. The molecule has 12 heteroatoms. The fourth-order valence-electron chi connectivity index (χ4n) is 3.24. The van der Waals surface area contributed by atoms with Gasteiger partial charge in [0.05, 0.1) is 40.0 Å². The van der Waals surface area contributed by atoms with E-state index in [1.165, 1.54) is 61.7 Å². The lowest BCUT2D eigenvalue weighted by atomic mass is 10.1. The minimum Gasteiger partial charge on any atom is -0.497 e. The van der Waals surface area contributed by atoms with Crippen molar-refractivity contribution in [1.29, 1.82) is 0 Å². The first-order valence-corrected chi connectivity index (χ1v) is 10.5. The van der Waals surface area contributed by atoms with Crippen molar-refractivity contribution in [2.75, 3.05) is 7.11 Å². The van der Waals surface area contributed by atoms with Crippen LogP contribution in [-0.2, 0) is 11.3 Å².